The van der Waals surface area contributed by atoms with Crippen LogP contribution in [0.3, 0.4) is 0 Å². The maximum Gasteiger partial charge on any atom is 0.124 e. The lowest BCUT2D eigenvalue weighted by Crippen LogP contribution is -1.96. The molecule has 0 radical (unpaired) electrons. The zero-order valence-electron chi connectivity index (χ0n) is 9.02. The molecule has 0 amide bonds. The zero-order valence-corrected chi connectivity index (χ0v) is 9.02. The fraction of sp³-hybridized carbons (Fsp3) is 0.385. The van der Waals surface area contributed by atoms with Crippen molar-refractivity contribution in [2.75, 3.05) is 6.54 Å². The third kappa shape index (κ3) is 4.62. The summed E-state index contributed by atoms with van der Waals surface area (Å²) in [6.07, 6.45) is 2.83. The van der Waals surface area contributed by atoms with Crippen LogP contribution in [-0.4, -0.2) is 6.54 Å². The lowest BCUT2D eigenvalue weighted by atomic mass is 10.1. The minimum atomic E-state index is -0.221. The maximum atomic E-state index is 13.0. The SMILES string of the molecule is Cc1cc(F)cc(C#CCCCCN)c1. The molecule has 0 unspecified atom stereocenters. The van der Waals surface area contributed by atoms with E-state index in [9.17, 15) is 4.39 Å². The van der Waals surface area contributed by atoms with Crippen molar-refractivity contribution in [3.63, 3.8) is 0 Å². The first kappa shape index (κ1) is 11.7. The van der Waals surface area contributed by atoms with E-state index in [2.05, 4.69) is 11.8 Å². The van der Waals surface area contributed by atoms with Crippen molar-refractivity contribution in [2.45, 2.75) is 26.2 Å². The summed E-state index contributed by atoms with van der Waals surface area (Å²) >= 11 is 0. The van der Waals surface area contributed by atoms with Gasteiger partial charge in [-0.05, 0) is 50.1 Å². The van der Waals surface area contributed by atoms with E-state index in [0.29, 0.717) is 6.54 Å². The van der Waals surface area contributed by atoms with Gasteiger partial charge in [-0.25, -0.2) is 4.39 Å². The number of unbranched alkanes of at least 4 members (excludes halogenated alkanes) is 2. The fourth-order valence-corrected chi connectivity index (χ4v) is 1.33. The highest BCUT2D eigenvalue weighted by Crippen LogP contribution is 2.07. The van der Waals surface area contributed by atoms with E-state index in [0.717, 1.165) is 30.4 Å². The Hall–Kier alpha value is -1.33. The number of rotatable bonds is 3. The van der Waals surface area contributed by atoms with Crippen LogP contribution in [0.2, 0.25) is 0 Å². The Morgan fingerprint density at radius 1 is 1.27 bits per heavy atom. The van der Waals surface area contributed by atoms with Crippen LogP contribution in [0.25, 0.3) is 0 Å². The fourth-order valence-electron chi connectivity index (χ4n) is 1.33. The van der Waals surface area contributed by atoms with Gasteiger partial charge >= 0.3 is 0 Å². The molecule has 0 bridgehead atoms. The first-order valence-corrected chi connectivity index (χ1v) is 5.18. The molecule has 0 saturated heterocycles. The second-order valence-corrected chi connectivity index (χ2v) is 3.56. The highest BCUT2D eigenvalue weighted by atomic mass is 19.1. The summed E-state index contributed by atoms with van der Waals surface area (Å²) in [5.74, 6) is 5.75. The van der Waals surface area contributed by atoms with E-state index >= 15 is 0 Å². The van der Waals surface area contributed by atoms with Gasteiger partial charge in [0.25, 0.3) is 0 Å². The molecule has 2 N–H and O–H groups in total. The summed E-state index contributed by atoms with van der Waals surface area (Å²) < 4.78 is 13.0. The summed E-state index contributed by atoms with van der Waals surface area (Å²) in [5, 5.41) is 0. The Morgan fingerprint density at radius 3 is 2.73 bits per heavy atom. The predicted octanol–water partition coefficient (Wildman–Crippen LogP) is 2.61. The molecule has 0 aliphatic heterocycles. The highest BCUT2D eigenvalue weighted by Gasteiger charge is 1.94. The molecule has 15 heavy (non-hydrogen) atoms. The Labute approximate surface area is 90.5 Å². The number of hydrogen-bond donors (Lipinski definition) is 1. The largest absolute Gasteiger partial charge is 0.330 e. The summed E-state index contributed by atoms with van der Waals surface area (Å²) in [4.78, 5) is 0. The number of benzene rings is 1. The van der Waals surface area contributed by atoms with Crippen molar-refractivity contribution in [3.8, 4) is 11.8 Å². The van der Waals surface area contributed by atoms with Crippen molar-refractivity contribution in [1.29, 1.82) is 0 Å². The molecule has 0 aliphatic carbocycles. The molecule has 1 aromatic rings. The van der Waals surface area contributed by atoms with Crippen molar-refractivity contribution in [3.05, 3.63) is 35.1 Å². The van der Waals surface area contributed by atoms with Crippen molar-refractivity contribution in [2.24, 2.45) is 5.73 Å². The van der Waals surface area contributed by atoms with Crippen molar-refractivity contribution in [1.82, 2.24) is 0 Å². The van der Waals surface area contributed by atoms with Crippen LogP contribution in [0.5, 0.6) is 0 Å². The Kier molecular flexibility index (Phi) is 4.86. The van der Waals surface area contributed by atoms with E-state index in [1.165, 1.54) is 12.1 Å². The van der Waals surface area contributed by atoms with Gasteiger partial charge in [0.05, 0.1) is 0 Å². The third-order valence-electron chi connectivity index (χ3n) is 2.03. The molecule has 0 heterocycles. The second-order valence-electron chi connectivity index (χ2n) is 3.56. The molecule has 1 rings (SSSR count). The average Bonchev–Trinajstić information content (AvgIpc) is 2.16. The Balaban J connectivity index is 2.55. The molecular weight excluding hydrogens is 189 g/mol. The number of hydrogen-bond acceptors (Lipinski definition) is 1. The average molecular weight is 205 g/mol. The molecule has 0 aliphatic rings. The molecule has 0 saturated carbocycles. The monoisotopic (exact) mass is 205 g/mol. The summed E-state index contributed by atoms with van der Waals surface area (Å²) in [7, 11) is 0. The van der Waals surface area contributed by atoms with Gasteiger partial charge in [0, 0.05) is 12.0 Å². The van der Waals surface area contributed by atoms with Gasteiger partial charge in [-0.15, -0.1) is 0 Å². The molecule has 0 fully saturated rings. The second kappa shape index (κ2) is 6.21. The van der Waals surface area contributed by atoms with E-state index in [1.807, 2.05) is 13.0 Å². The molecule has 0 spiro atoms. The molecular formula is C13H16FN. The highest BCUT2D eigenvalue weighted by molar-refractivity contribution is 5.37. The topological polar surface area (TPSA) is 26.0 Å². The van der Waals surface area contributed by atoms with E-state index < -0.39 is 0 Å². The van der Waals surface area contributed by atoms with Crippen LogP contribution in [-0.2, 0) is 0 Å². The van der Waals surface area contributed by atoms with Gasteiger partial charge in [0.1, 0.15) is 5.82 Å². The van der Waals surface area contributed by atoms with E-state index in [1.54, 1.807) is 0 Å². The van der Waals surface area contributed by atoms with Gasteiger partial charge in [-0.2, -0.15) is 0 Å². The molecule has 2 heteroatoms. The lowest BCUT2D eigenvalue weighted by molar-refractivity contribution is 0.626. The number of nitrogens with two attached hydrogens (primary N) is 1. The quantitative estimate of drug-likeness (QED) is 0.595. The van der Waals surface area contributed by atoms with Gasteiger partial charge in [-0.3, -0.25) is 0 Å². The van der Waals surface area contributed by atoms with Crippen LogP contribution < -0.4 is 5.73 Å². The minimum Gasteiger partial charge on any atom is -0.330 e. The molecule has 1 aromatic carbocycles. The number of aryl methyl sites for hydroxylation is 1. The summed E-state index contributed by atoms with van der Waals surface area (Å²) in [5.41, 5.74) is 7.02. The Bertz CT molecular complexity index is 354. The third-order valence-corrected chi connectivity index (χ3v) is 2.03. The first-order chi connectivity index (χ1) is 7.22. The first-order valence-electron chi connectivity index (χ1n) is 5.18. The summed E-state index contributed by atoms with van der Waals surface area (Å²) in [6, 6.07) is 4.85. The van der Waals surface area contributed by atoms with Gasteiger partial charge in [0.2, 0.25) is 0 Å². The van der Waals surface area contributed by atoms with Crippen LogP contribution in [0.1, 0.15) is 30.4 Å². The minimum absolute atomic E-state index is 0.221. The smallest absolute Gasteiger partial charge is 0.124 e. The lowest BCUT2D eigenvalue weighted by Gasteiger charge is -1.95. The molecule has 1 nitrogen and oxygen atoms in total. The van der Waals surface area contributed by atoms with Crippen LogP contribution in [0.4, 0.5) is 4.39 Å². The van der Waals surface area contributed by atoms with Crippen molar-refractivity contribution < 1.29 is 4.39 Å². The number of halogens is 1. The predicted molar refractivity (Wildman–Crippen MR) is 60.9 cm³/mol. The standard InChI is InChI=1S/C13H16FN/c1-11-8-12(10-13(14)9-11)6-4-2-3-5-7-15/h8-10H,2-3,5,7,15H2,1H3. The van der Waals surface area contributed by atoms with Gasteiger partial charge in [-0.1, -0.05) is 11.8 Å². The maximum absolute atomic E-state index is 13.0. The molecule has 80 valence electrons. The zero-order chi connectivity index (χ0) is 11.1. The normalized spacial score (nSPS) is 9.53. The van der Waals surface area contributed by atoms with E-state index in [4.69, 9.17) is 5.73 Å². The van der Waals surface area contributed by atoms with Crippen molar-refractivity contribution >= 4 is 0 Å². The van der Waals surface area contributed by atoms with Gasteiger partial charge in [0.15, 0.2) is 0 Å². The molecule has 0 aromatic heterocycles. The van der Waals surface area contributed by atoms with Crippen LogP contribution in [0.15, 0.2) is 18.2 Å². The van der Waals surface area contributed by atoms with E-state index in [-0.39, 0.29) is 5.82 Å². The van der Waals surface area contributed by atoms with Gasteiger partial charge < -0.3 is 5.73 Å². The molecule has 0 atom stereocenters. The summed E-state index contributed by atoms with van der Waals surface area (Å²) in [6.45, 7) is 2.57. The Morgan fingerprint density at radius 2 is 2.07 bits per heavy atom. The van der Waals surface area contributed by atoms with Crippen LogP contribution in [0, 0.1) is 24.6 Å². The van der Waals surface area contributed by atoms with Crippen LogP contribution >= 0.6 is 0 Å².